The van der Waals surface area contributed by atoms with E-state index in [1.807, 2.05) is 40.3 Å². The molecular weight excluding hydrogens is 1060 g/mol. The monoisotopic (exact) mass is 1130 g/mol. The first kappa shape index (κ1) is 56.5. The second-order valence-corrected chi connectivity index (χ2v) is 21.0. The summed E-state index contributed by atoms with van der Waals surface area (Å²) in [5, 5.41) is 118. The average molecular weight is 1130 g/mol. The molecule has 4 aliphatic heterocycles. The Balaban J connectivity index is 0.827. The largest absolute Gasteiger partial charge is 0.456 e. The Morgan fingerprint density at radius 3 is 1.65 bits per heavy atom. The number of benzene rings is 3. The molecule has 7 aromatic rings. The van der Waals surface area contributed by atoms with Crippen LogP contribution in [0.4, 0.5) is 11.4 Å². The number of aromatic nitrogens is 12. The van der Waals surface area contributed by atoms with Crippen molar-refractivity contribution in [1.29, 1.82) is 0 Å². The average Bonchev–Trinajstić information content (AvgIpc) is 2.80. The number of nitrogens with zero attached hydrogens (tertiary/aromatic N) is 16. The van der Waals surface area contributed by atoms with Crippen molar-refractivity contribution in [2.24, 2.45) is 11.8 Å². The van der Waals surface area contributed by atoms with Crippen LogP contribution in [0.3, 0.4) is 0 Å². The number of anilines is 2. The fourth-order valence-electron chi connectivity index (χ4n) is 11.8. The first-order valence-electron chi connectivity index (χ1n) is 27.5. The van der Waals surface area contributed by atoms with Gasteiger partial charge in [-0.15, -0.1) is 20.4 Å². The van der Waals surface area contributed by atoms with E-state index in [0.717, 1.165) is 54.2 Å². The van der Waals surface area contributed by atoms with E-state index in [2.05, 4.69) is 115 Å². The minimum Gasteiger partial charge on any atom is -0.456 e. The van der Waals surface area contributed by atoms with E-state index in [9.17, 15) is 45.6 Å². The highest BCUT2D eigenvalue weighted by Crippen LogP contribution is 2.58. The molecule has 11 rings (SSSR count). The highest BCUT2D eigenvalue weighted by Gasteiger charge is 2.56. The fraction of sp³-hybridized carbons (Fsp3) is 0.500. The van der Waals surface area contributed by atoms with Crippen LogP contribution in [0.15, 0.2) is 85.5 Å². The van der Waals surface area contributed by atoms with Crippen molar-refractivity contribution in [1.82, 2.24) is 69.8 Å². The van der Waals surface area contributed by atoms with Gasteiger partial charge in [0.15, 0.2) is 25.2 Å². The number of amides is 1. The molecule has 28 heteroatoms. The predicted molar refractivity (Wildman–Crippen MR) is 287 cm³/mol. The maximum Gasteiger partial charge on any atom is 0.255 e. The lowest BCUT2D eigenvalue weighted by molar-refractivity contribution is -0.319. The molecule has 2 saturated heterocycles. The minimum atomic E-state index is -1.79. The van der Waals surface area contributed by atoms with Gasteiger partial charge in [0.2, 0.25) is 0 Å². The predicted octanol–water partition coefficient (Wildman–Crippen LogP) is -0.289. The van der Waals surface area contributed by atoms with Gasteiger partial charge < -0.3 is 69.8 Å². The number of fused-ring (bicyclic) bond motifs is 6. The fourth-order valence-corrected chi connectivity index (χ4v) is 11.8. The third-order valence-corrected chi connectivity index (χ3v) is 16.1. The van der Waals surface area contributed by atoms with Gasteiger partial charge in [0.25, 0.3) is 5.91 Å². The molecule has 4 aliphatic rings. The second kappa shape index (κ2) is 23.5. The topological polar surface area (TPSA) is 342 Å². The number of hydrogen-bond acceptors (Lipinski definition) is 23. The normalized spacial score (nSPS) is 24.6. The van der Waals surface area contributed by atoms with E-state index in [1.54, 1.807) is 21.8 Å². The van der Waals surface area contributed by atoms with Gasteiger partial charge in [0, 0.05) is 98.4 Å². The molecule has 436 valence electrons. The molecule has 2 fully saturated rings. The van der Waals surface area contributed by atoms with Crippen molar-refractivity contribution >= 4 is 17.3 Å². The molecule has 10 atom stereocenters. The van der Waals surface area contributed by atoms with Crippen molar-refractivity contribution in [3.63, 3.8) is 0 Å². The number of aliphatic hydroxyl groups excluding tert-OH is 8. The van der Waals surface area contributed by atoms with Gasteiger partial charge in [0.05, 0.1) is 86.2 Å². The van der Waals surface area contributed by atoms with E-state index in [1.165, 1.54) is 15.6 Å². The minimum absolute atomic E-state index is 0.119. The van der Waals surface area contributed by atoms with E-state index >= 15 is 0 Å². The quantitative estimate of drug-likeness (QED) is 0.0458. The second-order valence-electron chi connectivity index (χ2n) is 21.0. The Labute approximate surface area is 470 Å². The summed E-state index contributed by atoms with van der Waals surface area (Å²) >= 11 is 0. The van der Waals surface area contributed by atoms with Crippen LogP contribution in [0.25, 0.3) is 0 Å². The molecule has 3 aromatic carbocycles. The lowest BCUT2D eigenvalue weighted by Crippen LogP contribution is -2.55. The van der Waals surface area contributed by atoms with Crippen LogP contribution in [0.5, 0.6) is 11.5 Å². The summed E-state index contributed by atoms with van der Waals surface area (Å²) in [6.07, 6.45) is -6.50. The zero-order valence-electron chi connectivity index (χ0n) is 45.7. The smallest absolute Gasteiger partial charge is 0.255 e. The summed E-state index contributed by atoms with van der Waals surface area (Å²) in [6, 6.07) is 20.3. The van der Waals surface area contributed by atoms with E-state index in [4.69, 9.17) is 14.2 Å². The number of hydrogen-bond donors (Lipinski definition) is 8. The lowest BCUT2D eigenvalue weighted by Gasteiger charge is -2.44. The zero-order valence-corrected chi connectivity index (χ0v) is 45.7. The van der Waals surface area contributed by atoms with E-state index < -0.39 is 67.0 Å². The van der Waals surface area contributed by atoms with Crippen LogP contribution < -0.4 is 14.5 Å². The van der Waals surface area contributed by atoms with Crippen molar-refractivity contribution in [2.75, 3.05) is 36.0 Å². The zero-order chi connectivity index (χ0) is 57.6. The SMILES string of the molecule is CCN(CC)c1ccc2c(c1)Oc1cc(N(CC)CC)ccc1C21c2ccccc2C(=O)N1Cc1cn(CCn2cc(CN(Cc3cn(CC4[C@@H](O)[C@@H](O)[C@H](O)O[C@@H]4O)nn3)Cc3cnnn3CC3[C@@H](O)[C@@H](O)[C@H](O)O[C@@H]3O)nn2)nn1. The van der Waals surface area contributed by atoms with Gasteiger partial charge in [-0.3, -0.25) is 23.7 Å². The van der Waals surface area contributed by atoms with Crippen molar-refractivity contribution in [3.8, 4) is 11.5 Å². The number of carbonyl (C=O) groups excluding carboxylic acids is 1. The summed E-state index contributed by atoms with van der Waals surface area (Å²) in [6.45, 7) is 12.7. The summed E-state index contributed by atoms with van der Waals surface area (Å²) in [5.41, 5.74) is 6.19. The van der Waals surface area contributed by atoms with Crippen LogP contribution in [-0.2, 0) is 67.4 Å². The van der Waals surface area contributed by atoms with E-state index in [-0.39, 0.29) is 45.2 Å². The van der Waals surface area contributed by atoms with Gasteiger partial charge >= 0.3 is 0 Å². The maximum absolute atomic E-state index is 15.0. The number of carbonyl (C=O) groups is 1. The molecule has 2 unspecified atom stereocenters. The molecule has 8 heterocycles. The van der Waals surface area contributed by atoms with Crippen LogP contribution in [0, 0.1) is 11.8 Å². The summed E-state index contributed by atoms with van der Waals surface area (Å²) in [4.78, 5) is 23.3. The molecule has 4 aromatic heterocycles. The standard InChI is InChI=1S/C54H68N16O12/c1-5-64(6-2)34-13-15-41-43(19-34)80-44-20-35(65(7-3)8-4)14-16-42(44)54(41)40-12-10-9-11-37(40)49(75)69(54)27-33-25-67(61-58-33)18-17-66-24-31(56-60-66)22-63(23-32-26-68(62-57-32)29-38-45(71)47(73)52(78)81-50(38)76)28-36-21-55-59-70(36)30-39-46(72)48(74)53(79)82-51(39)77/h9-16,19-21,24-26,38-39,45-48,50-53,71-74,76-79H,5-8,17-18,22-23,27-30H2,1-4H3/t38?,39?,45-,46-,47-,48-,50+,51+,52-,53-/m1/s1. The molecule has 0 radical (unpaired) electrons. The first-order chi connectivity index (χ1) is 39.6. The number of rotatable bonds is 21. The summed E-state index contributed by atoms with van der Waals surface area (Å²) < 4.78 is 23.1. The van der Waals surface area contributed by atoms with Crippen molar-refractivity contribution < 1.29 is 59.9 Å². The van der Waals surface area contributed by atoms with Gasteiger partial charge in [-0.1, -0.05) is 51.2 Å². The highest BCUT2D eigenvalue weighted by molar-refractivity contribution is 6.02. The van der Waals surface area contributed by atoms with Gasteiger partial charge in [-0.2, -0.15) is 0 Å². The first-order valence-corrected chi connectivity index (χ1v) is 27.5. The van der Waals surface area contributed by atoms with Crippen molar-refractivity contribution in [3.05, 3.63) is 130 Å². The highest BCUT2D eigenvalue weighted by atomic mass is 16.7. The molecule has 0 bridgehead atoms. The Bertz CT molecular complexity index is 3280. The number of aryl methyl sites for hydroxylation is 2. The third kappa shape index (κ3) is 10.6. The molecule has 1 amide bonds. The van der Waals surface area contributed by atoms with Crippen LogP contribution in [-0.4, -0.2) is 192 Å². The molecule has 0 aliphatic carbocycles. The summed E-state index contributed by atoms with van der Waals surface area (Å²) in [5.74, 6) is -0.944. The summed E-state index contributed by atoms with van der Waals surface area (Å²) in [7, 11) is 0. The molecule has 28 nitrogen and oxygen atoms in total. The lowest BCUT2D eigenvalue weighted by atomic mass is 9.74. The Morgan fingerprint density at radius 2 is 1.07 bits per heavy atom. The Morgan fingerprint density at radius 1 is 0.561 bits per heavy atom. The van der Waals surface area contributed by atoms with Crippen LogP contribution in [0.1, 0.15) is 77.5 Å². The van der Waals surface area contributed by atoms with Crippen LogP contribution in [0.2, 0.25) is 0 Å². The molecule has 1 spiro atoms. The molecular formula is C54H68N16O12. The molecule has 82 heavy (non-hydrogen) atoms. The van der Waals surface area contributed by atoms with Gasteiger partial charge in [-0.05, 0) is 51.5 Å². The van der Waals surface area contributed by atoms with Crippen molar-refractivity contribution in [2.45, 2.75) is 135 Å². The Hall–Kier alpha value is -7.35. The Kier molecular flexibility index (Phi) is 16.2. The van der Waals surface area contributed by atoms with E-state index in [0.29, 0.717) is 52.9 Å². The van der Waals surface area contributed by atoms with Gasteiger partial charge in [-0.25, -0.2) is 4.68 Å². The third-order valence-electron chi connectivity index (χ3n) is 16.1. The van der Waals surface area contributed by atoms with Gasteiger partial charge in [0.1, 0.15) is 34.9 Å². The van der Waals surface area contributed by atoms with Crippen LogP contribution >= 0.6 is 0 Å². The maximum atomic E-state index is 15.0. The number of ether oxygens (including phenoxy) is 3. The molecule has 0 saturated carbocycles. The number of aliphatic hydroxyl groups is 8. The molecule has 8 N–H and O–H groups in total.